The van der Waals surface area contributed by atoms with Gasteiger partial charge in [0.1, 0.15) is 0 Å². The van der Waals surface area contributed by atoms with Crippen LogP contribution in [0.15, 0.2) is 30.3 Å². The lowest BCUT2D eigenvalue weighted by atomic mass is 9.93. The van der Waals surface area contributed by atoms with Gasteiger partial charge in [0.2, 0.25) is 0 Å². The van der Waals surface area contributed by atoms with Gasteiger partial charge in [0, 0.05) is 18.1 Å². The Labute approximate surface area is 141 Å². The zero-order valence-corrected chi connectivity index (χ0v) is 14.3. The Morgan fingerprint density at radius 2 is 1.96 bits per heavy atom. The summed E-state index contributed by atoms with van der Waals surface area (Å²) in [5.41, 5.74) is 1.15. The van der Waals surface area contributed by atoms with E-state index in [4.69, 9.17) is 4.74 Å². The van der Waals surface area contributed by atoms with Crippen LogP contribution >= 0.6 is 11.8 Å². The third-order valence-corrected chi connectivity index (χ3v) is 5.09. The molecule has 0 radical (unpaired) electrons. The van der Waals surface area contributed by atoms with Crippen molar-refractivity contribution in [2.24, 2.45) is 5.92 Å². The molecule has 2 rings (SSSR count). The highest BCUT2D eigenvalue weighted by Crippen LogP contribution is 2.26. The van der Waals surface area contributed by atoms with Gasteiger partial charge in [0.15, 0.2) is 23.6 Å². The van der Waals surface area contributed by atoms with Gasteiger partial charge in [0.25, 0.3) is 0 Å². The molecule has 5 heteroatoms. The van der Waals surface area contributed by atoms with Crippen molar-refractivity contribution >= 4 is 29.3 Å². The van der Waals surface area contributed by atoms with Gasteiger partial charge in [0.05, 0.1) is 0 Å². The van der Waals surface area contributed by atoms with E-state index in [2.05, 4.69) is 0 Å². The van der Waals surface area contributed by atoms with Gasteiger partial charge in [-0.15, -0.1) is 0 Å². The molecule has 23 heavy (non-hydrogen) atoms. The lowest BCUT2D eigenvalue weighted by Gasteiger charge is -2.12. The predicted octanol–water partition coefficient (Wildman–Crippen LogP) is 2.83. The molecule has 124 valence electrons. The number of aryl methyl sites for hydroxylation is 1. The Hall–Kier alpha value is -1.62. The fraction of sp³-hybridized carbons (Fsp3) is 0.500. The van der Waals surface area contributed by atoms with Crippen molar-refractivity contribution in [3.05, 3.63) is 35.9 Å². The maximum Gasteiger partial charge on any atom is 0.325 e. The minimum atomic E-state index is -1.20. The number of Topliss-reactive ketones (excluding diaryl/α,β-unsaturated/α-hetero) is 2. The van der Waals surface area contributed by atoms with Gasteiger partial charge < -0.3 is 4.74 Å². The number of ketones is 2. The maximum atomic E-state index is 12.3. The second kappa shape index (κ2) is 8.29. The summed E-state index contributed by atoms with van der Waals surface area (Å²) < 4.78 is 5.12. The first-order valence-corrected chi connectivity index (χ1v) is 9.15. The molecule has 0 N–H and O–H groups in total. The van der Waals surface area contributed by atoms with E-state index in [1.54, 1.807) is 11.8 Å². The van der Waals surface area contributed by atoms with Crippen molar-refractivity contribution < 1.29 is 19.1 Å². The summed E-state index contributed by atoms with van der Waals surface area (Å²) in [6.45, 7) is 1.97. The molecule has 0 aromatic heterocycles. The molecule has 1 aromatic rings. The van der Waals surface area contributed by atoms with Crippen molar-refractivity contribution in [2.75, 3.05) is 6.26 Å². The second-order valence-corrected chi connectivity index (χ2v) is 7.12. The molecular weight excluding hydrogens is 312 g/mol. The Bertz CT molecular complexity index is 570. The standard InChI is InChI=1S/C18H22O4S/c1-12(23-2)11-15-17(20)16(18(21)22-15)14(19)10-6-9-13-7-4-3-5-8-13/h3-5,7-8,12,15-16H,6,9-11H2,1-2H3. The van der Waals surface area contributed by atoms with E-state index in [0.717, 1.165) is 12.0 Å². The van der Waals surface area contributed by atoms with Crippen LogP contribution < -0.4 is 0 Å². The average molecular weight is 334 g/mol. The first-order chi connectivity index (χ1) is 11.0. The molecule has 1 aromatic carbocycles. The third kappa shape index (κ3) is 4.67. The number of benzene rings is 1. The Balaban J connectivity index is 1.86. The number of thioether (sulfide) groups is 1. The lowest BCUT2D eigenvalue weighted by molar-refractivity contribution is -0.147. The molecule has 1 fully saturated rings. The van der Waals surface area contributed by atoms with Gasteiger partial charge >= 0.3 is 5.97 Å². The number of cyclic esters (lactones) is 1. The molecule has 4 nitrogen and oxygen atoms in total. The Morgan fingerprint density at radius 1 is 1.26 bits per heavy atom. The van der Waals surface area contributed by atoms with E-state index >= 15 is 0 Å². The van der Waals surface area contributed by atoms with E-state index < -0.39 is 18.0 Å². The smallest absolute Gasteiger partial charge is 0.325 e. The predicted molar refractivity (Wildman–Crippen MR) is 90.4 cm³/mol. The fourth-order valence-corrected chi connectivity index (χ4v) is 3.04. The quantitative estimate of drug-likeness (QED) is 0.540. The highest BCUT2D eigenvalue weighted by atomic mass is 32.2. The van der Waals surface area contributed by atoms with Gasteiger partial charge in [-0.3, -0.25) is 14.4 Å². The summed E-state index contributed by atoms with van der Waals surface area (Å²) in [5.74, 6) is -2.54. The van der Waals surface area contributed by atoms with Crippen molar-refractivity contribution in [3.63, 3.8) is 0 Å². The zero-order chi connectivity index (χ0) is 16.8. The van der Waals surface area contributed by atoms with Gasteiger partial charge in [-0.25, -0.2) is 0 Å². The second-order valence-electron chi connectivity index (χ2n) is 5.85. The molecule has 0 saturated carbocycles. The van der Waals surface area contributed by atoms with E-state index in [0.29, 0.717) is 12.8 Å². The van der Waals surface area contributed by atoms with Gasteiger partial charge in [-0.2, -0.15) is 11.8 Å². The maximum absolute atomic E-state index is 12.3. The zero-order valence-electron chi connectivity index (χ0n) is 13.5. The summed E-state index contributed by atoms with van der Waals surface area (Å²) in [6.07, 6.45) is 3.28. The van der Waals surface area contributed by atoms with Crippen molar-refractivity contribution in [2.45, 2.75) is 44.0 Å². The molecule has 0 aliphatic carbocycles. The molecule has 1 saturated heterocycles. The summed E-state index contributed by atoms with van der Waals surface area (Å²) >= 11 is 1.61. The van der Waals surface area contributed by atoms with Crippen LogP contribution in [0.3, 0.4) is 0 Å². The molecule has 1 aliphatic rings. The third-order valence-electron chi connectivity index (χ3n) is 4.10. The normalized spacial score (nSPS) is 22.0. The van der Waals surface area contributed by atoms with Crippen LogP contribution in [-0.4, -0.2) is 35.1 Å². The molecule has 0 spiro atoms. The van der Waals surface area contributed by atoms with Crippen LogP contribution in [-0.2, 0) is 25.5 Å². The molecule has 1 aliphatic heterocycles. The van der Waals surface area contributed by atoms with Crippen molar-refractivity contribution in [1.29, 1.82) is 0 Å². The number of hydrogen-bond donors (Lipinski definition) is 0. The van der Waals surface area contributed by atoms with E-state index in [9.17, 15) is 14.4 Å². The fourth-order valence-electron chi connectivity index (χ4n) is 2.68. The molecule has 0 bridgehead atoms. The van der Waals surface area contributed by atoms with Crippen molar-refractivity contribution in [3.8, 4) is 0 Å². The number of rotatable bonds is 8. The Morgan fingerprint density at radius 3 is 2.61 bits per heavy atom. The lowest BCUT2D eigenvalue weighted by Crippen LogP contribution is -2.29. The molecule has 3 unspecified atom stereocenters. The summed E-state index contributed by atoms with van der Waals surface area (Å²) in [4.78, 5) is 36.4. The molecular formula is C18H22O4S. The van der Waals surface area contributed by atoms with E-state index in [-0.39, 0.29) is 23.2 Å². The number of ether oxygens (including phenoxy) is 1. The summed E-state index contributed by atoms with van der Waals surface area (Å²) in [6, 6.07) is 9.84. The van der Waals surface area contributed by atoms with Crippen LogP contribution in [0, 0.1) is 5.92 Å². The minimum Gasteiger partial charge on any atom is -0.453 e. The molecule has 1 heterocycles. The SMILES string of the molecule is CSC(C)CC1OC(=O)C(C(=O)CCCc2ccccc2)C1=O. The monoisotopic (exact) mass is 334 g/mol. The van der Waals surface area contributed by atoms with Gasteiger partial charge in [-0.1, -0.05) is 37.3 Å². The summed E-state index contributed by atoms with van der Waals surface area (Å²) in [7, 11) is 0. The van der Waals surface area contributed by atoms with Crippen molar-refractivity contribution in [1.82, 2.24) is 0 Å². The highest BCUT2D eigenvalue weighted by Gasteiger charge is 2.47. The van der Waals surface area contributed by atoms with E-state index in [1.807, 2.05) is 43.5 Å². The topological polar surface area (TPSA) is 60.4 Å². The van der Waals surface area contributed by atoms with Crippen LogP contribution in [0.2, 0.25) is 0 Å². The number of esters is 1. The average Bonchev–Trinajstić information content (AvgIpc) is 2.82. The Kier molecular flexibility index (Phi) is 6.39. The minimum absolute atomic E-state index is 0.212. The van der Waals surface area contributed by atoms with Crippen LogP contribution in [0.5, 0.6) is 0 Å². The highest BCUT2D eigenvalue weighted by molar-refractivity contribution is 7.99. The first-order valence-electron chi connectivity index (χ1n) is 7.86. The largest absolute Gasteiger partial charge is 0.453 e. The molecule has 0 amide bonds. The van der Waals surface area contributed by atoms with Gasteiger partial charge in [-0.05, 0) is 24.7 Å². The number of carbonyl (C=O) groups is 3. The summed E-state index contributed by atoms with van der Waals surface area (Å²) in [5, 5.41) is 0.212. The van der Waals surface area contributed by atoms with Crippen LogP contribution in [0.25, 0.3) is 0 Å². The van der Waals surface area contributed by atoms with E-state index in [1.165, 1.54) is 0 Å². The van der Waals surface area contributed by atoms with Crippen LogP contribution in [0.4, 0.5) is 0 Å². The molecule has 3 atom stereocenters. The number of hydrogen-bond acceptors (Lipinski definition) is 5. The number of carbonyl (C=O) groups excluding carboxylic acids is 3. The first kappa shape index (κ1) is 17.7. The van der Waals surface area contributed by atoms with Crippen LogP contribution in [0.1, 0.15) is 31.7 Å².